The SMILES string of the molecule is O=C1CCc2ccc(-c3cccnc3)cc21. The van der Waals surface area contributed by atoms with Gasteiger partial charge in [0.05, 0.1) is 0 Å². The van der Waals surface area contributed by atoms with Crippen LogP contribution in [0.3, 0.4) is 0 Å². The van der Waals surface area contributed by atoms with Gasteiger partial charge in [0.2, 0.25) is 0 Å². The van der Waals surface area contributed by atoms with Crippen molar-refractivity contribution in [1.82, 2.24) is 4.98 Å². The fraction of sp³-hybridized carbons (Fsp3) is 0.143. The van der Waals surface area contributed by atoms with Gasteiger partial charge in [-0.05, 0) is 29.7 Å². The monoisotopic (exact) mass is 209 g/mol. The lowest BCUT2D eigenvalue weighted by molar-refractivity contribution is 0.0994. The maximum Gasteiger partial charge on any atom is 0.163 e. The number of carbonyl (C=O) groups excluding carboxylic acids is 1. The van der Waals surface area contributed by atoms with Crippen LogP contribution in [-0.2, 0) is 6.42 Å². The van der Waals surface area contributed by atoms with E-state index < -0.39 is 0 Å². The van der Waals surface area contributed by atoms with Crippen molar-refractivity contribution in [3.8, 4) is 11.1 Å². The lowest BCUT2D eigenvalue weighted by atomic mass is 10.0. The highest BCUT2D eigenvalue weighted by atomic mass is 16.1. The van der Waals surface area contributed by atoms with Gasteiger partial charge in [0.1, 0.15) is 0 Å². The van der Waals surface area contributed by atoms with Crippen LogP contribution in [0.2, 0.25) is 0 Å². The van der Waals surface area contributed by atoms with Crippen LogP contribution in [0, 0.1) is 0 Å². The number of hydrogen-bond acceptors (Lipinski definition) is 2. The topological polar surface area (TPSA) is 30.0 Å². The number of ketones is 1. The van der Waals surface area contributed by atoms with E-state index in [0.29, 0.717) is 6.42 Å². The summed E-state index contributed by atoms with van der Waals surface area (Å²) in [5, 5.41) is 0. The maximum atomic E-state index is 11.6. The average Bonchev–Trinajstić information content (AvgIpc) is 2.72. The predicted octanol–water partition coefficient (Wildman–Crippen LogP) is 2.88. The molecule has 0 atom stereocenters. The fourth-order valence-electron chi connectivity index (χ4n) is 2.15. The molecular formula is C14H11NO. The summed E-state index contributed by atoms with van der Waals surface area (Å²) < 4.78 is 0. The van der Waals surface area contributed by atoms with E-state index in [2.05, 4.69) is 17.1 Å². The Balaban J connectivity index is 2.11. The molecule has 1 aromatic carbocycles. The predicted molar refractivity (Wildman–Crippen MR) is 62.3 cm³/mol. The molecule has 0 aliphatic heterocycles. The second-order valence-corrected chi connectivity index (χ2v) is 4.04. The van der Waals surface area contributed by atoms with Crippen LogP contribution in [0.4, 0.5) is 0 Å². The van der Waals surface area contributed by atoms with Crippen LogP contribution in [-0.4, -0.2) is 10.8 Å². The van der Waals surface area contributed by atoms with E-state index in [1.807, 2.05) is 24.4 Å². The number of rotatable bonds is 1. The first-order valence-electron chi connectivity index (χ1n) is 5.41. The molecule has 2 nitrogen and oxygen atoms in total. The highest BCUT2D eigenvalue weighted by Crippen LogP contribution is 2.27. The largest absolute Gasteiger partial charge is 0.294 e. The van der Waals surface area contributed by atoms with E-state index in [-0.39, 0.29) is 5.78 Å². The summed E-state index contributed by atoms with van der Waals surface area (Å²) in [6.45, 7) is 0. The molecule has 16 heavy (non-hydrogen) atoms. The van der Waals surface area contributed by atoms with Gasteiger partial charge >= 0.3 is 0 Å². The standard InChI is InChI=1S/C14H11NO/c16-14-6-5-10-3-4-11(8-13(10)14)12-2-1-7-15-9-12/h1-4,7-9H,5-6H2. The van der Waals surface area contributed by atoms with Crippen molar-refractivity contribution < 1.29 is 4.79 Å². The first kappa shape index (κ1) is 9.28. The average molecular weight is 209 g/mol. The molecule has 0 saturated heterocycles. The van der Waals surface area contributed by atoms with E-state index in [0.717, 1.165) is 23.1 Å². The Bertz CT molecular complexity index is 546. The van der Waals surface area contributed by atoms with E-state index in [4.69, 9.17) is 0 Å². The lowest BCUT2D eigenvalue weighted by Gasteiger charge is -2.03. The highest BCUT2D eigenvalue weighted by molar-refractivity contribution is 6.01. The zero-order valence-corrected chi connectivity index (χ0v) is 8.81. The van der Waals surface area contributed by atoms with E-state index in [9.17, 15) is 4.79 Å². The number of aromatic nitrogens is 1. The van der Waals surface area contributed by atoms with Crippen molar-refractivity contribution in [1.29, 1.82) is 0 Å². The summed E-state index contributed by atoms with van der Waals surface area (Å²) in [7, 11) is 0. The van der Waals surface area contributed by atoms with Crippen molar-refractivity contribution in [2.45, 2.75) is 12.8 Å². The third kappa shape index (κ3) is 1.43. The molecule has 1 aliphatic rings. The quantitative estimate of drug-likeness (QED) is 0.722. The van der Waals surface area contributed by atoms with Crippen LogP contribution in [0.25, 0.3) is 11.1 Å². The van der Waals surface area contributed by atoms with E-state index >= 15 is 0 Å². The Morgan fingerprint density at radius 1 is 1.06 bits per heavy atom. The van der Waals surface area contributed by atoms with Crippen LogP contribution in [0.1, 0.15) is 22.3 Å². The number of nitrogens with zero attached hydrogens (tertiary/aromatic N) is 1. The van der Waals surface area contributed by atoms with Crippen molar-refractivity contribution in [3.05, 3.63) is 53.9 Å². The number of pyridine rings is 1. The minimum absolute atomic E-state index is 0.265. The molecule has 0 amide bonds. The smallest absolute Gasteiger partial charge is 0.163 e. The van der Waals surface area contributed by atoms with Crippen molar-refractivity contribution in [2.75, 3.05) is 0 Å². The van der Waals surface area contributed by atoms with Crippen LogP contribution in [0.5, 0.6) is 0 Å². The van der Waals surface area contributed by atoms with Crippen molar-refractivity contribution in [3.63, 3.8) is 0 Å². The van der Waals surface area contributed by atoms with Gasteiger partial charge in [0, 0.05) is 29.9 Å². The van der Waals surface area contributed by atoms with Gasteiger partial charge in [0.25, 0.3) is 0 Å². The third-order valence-corrected chi connectivity index (χ3v) is 3.03. The second-order valence-electron chi connectivity index (χ2n) is 4.04. The van der Waals surface area contributed by atoms with Gasteiger partial charge < -0.3 is 0 Å². The van der Waals surface area contributed by atoms with Gasteiger partial charge in [0.15, 0.2) is 5.78 Å². The van der Waals surface area contributed by atoms with Gasteiger partial charge in [-0.2, -0.15) is 0 Å². The summed E-state index contributed by atoms with van der Waals surface area (Å²) in [6, 6.07) is 10.0. The molecule has 0 fully saturated rings. The molecule has 2 aromatic rings. The molecule has 3 rings (SSSR count). The number of benzene rings is 1. The maximum absolute atomic E-state index is 11.6. The molecule has 0 saturated carbocycles. The van der Waals surface area contributed by atoms with E-state index in [1.165, 1.54) is 5.56 Å². The first-order chi connectivity index (χ1) is 7.84. The molecule has 2 heteroatoms. The normalized spacial score (nSPS) is 13.9. The second kappa shape index (κ2) is 3.56. The number of Topliss-reactive ketones (excluding diaryl/α,β-unsaturated/α-hetero) is 1. The fourth-order valence-corrected chi connectivity index (χ4v) is 2.15. The Labute approximate surface area is 94.0 Å². The summed E-state index contributed by atoms with van der Waals surface area (Å²) >= 11 is 0. The highest BCUT2D eigenvalue weighted by Gasteiger charge is 2.19. The Morgan fingerprint density at radius 2 is 2.00 bits per heavy atom. The van der Waals surface area contributed by atoms with Gasteiger partial charge in [-0.15, -0.1) is 0 Å². The molecule has 0 radical (unpaired) electrons. The van der Waals surface area contributed by atoms with Gasteiger partial charge in [-0.1, -0.05) is 18.2 Å². The molecule has 1 aromatic heterocycles. The molecule has 0 unspecified atom stereocenters. The molecule has 0 N–H and O–H groups in total. The summed E-state index contributed by atoms with van der Waals surface area (Å²) in [6.07, 6.45) is 5.12. The van der Waals surface area contributed by atoms with Crippen LogP contribution in [0.15, 0.2) is 42.7 Å². The third-order valence-electron chi connectivity index (χ3n) is 3.03. The molecule has 1 aliphatic carbocycles. The minimum atomic E-state index is 0.265. The van der Waals surface area contributed by atoms with Gasteiger partial charge in [-0.3, -0.25) is 9.78 Å². The number of carbonyl (C=O) groups is 1. The minimum Gasteiger partial charge on any atom is -0.294 e. The lowest BCUT2D eigenvalue weighted by Crippen LogP contribution is -1.91. The number of hydrogen-bond donors (Lipinski definition) is 0. The molecule has 0 spiro atoms. The van der Waals surface area contributed by atoms with Crippen molar-refractivity contribution in [2.24, 2.45) is 0 Å². The molecule has 1 heterocycles. The Morgan fingerprint density at radius 3 is 2.81 bits per heavy atom. The Kier molecular flexibility index (Phi) is 2.07. The first-order valence-corrected chi connectivity index (χ1v) is 5.41. The Hall–Kier alpha value is -1.96. The zero-order valence-electron chi connectivity index (χ0n) is 8.81. The summed E-state index contributed by atoms with van der Waals surface area (Å²) in [5.74, 6) is 0.265. The molecule has 78 valence electrons. The van der Waals surface area contributed by atoms with E-state index in [1.54, 1.807) is 6.20 Å². The van der Waals surface area contributed by atoms with Crippen LogP contribution < -0.4 is 0 Å². The summed E-state index contributed by atoms with van der Waals surface area (Å²) in [4.78, 5) is 15.7. The summed E-state index contributed by atoms with van der Waals surface area (Å²) in [5.41, 5.74) is 4.20. The number of fused-ring (bicyclic) bond motifs is 1. The zero-order chi connectivity index (χ0) is 11.0. The van der Waals surface area contributed by atoms with Gasteiger partial charge in [-0.25, -0.2) is 0 Å². The van der Waals surface area contributed by atoms with Crippen molar-refractivity contribution >= 4 is 5.78 Å². The van der Waals surface area contributed by atoms with Crippen LogP contribution >= 0.6 is 0 Å². The molecular weight excluding hydrogens is 198 g/mol. The molecule has 0 bridgehead atoms. The number of aryl methyl sites for hydroxylation is 1.